The van der Waals surface area contributed by atoms with Crippen molar-refractivity contribution in [1.82, 2.24) is 19.8 Å². The fourth-order valence-corrected chi connectivity index (χ4v) is 4.62. The largest absolute Gasteiger partial charge is 0.337 e. The van der Waals surface area contributed by atoms with E-state index in [4.69, 9.17) is 23.2 Å². The third-order valence-electron chi connectivity index (χ3n) is 5.94. The van der Waals surface area contributed by atoms with Crippen molar-refractivity contribution in [3.8, 4) is 0 Å². The molecule has 27 heavy (non-hydrogen) atoms. The summed E-state index contributed by atoms with van der Waals surface area (Å²) in [6.45, 7) is 3.55. The molecule has 2 heterocycles. The summed E-state index contributed by atoms with van der Waals surface area (Å²) in [5.74, 6) is 0.544. The molecule has 0 bridgehead atoms. The zero-order chi connectivity index (χ0) is 18.3. The van der Waals surface area contributed by atoms with Gasteiger partial charge in [0.05, 0.1) is 16.6 Å². The van der Waals surface area contributed by atoms with E-state index in [1.807, 2.05) is 24.0 Å². The van der Waals surface area contributed by atoms with E-state index in [0.717, 1.165) is 31.0 Å². The maximum atomic E-state index is 13.7. The van der Waals surface area contributed by atoms with E-state index < -0.39 is 5.82 Å². The molecule has 0 radical (unpaired) electrons. The van der Waals surface area contributed by atoms with Gasteiger partial charge in [0.1, 0.15) is 11.6 Å². The standard InChI is InChI=1S/C19H23Cl2FN4.ClH/c1-25-9-8-24-16(25)12-26(15-10-19(15)4-6-23-7-5-19)11-13-2-3-14(22)18(21)17(13)20;/h2-3,8-9,15,23H,4-7,10-12H2,1H3;1H. The molecule has 1 aromatic heterocycles. The van der Waals surface area contributed by atoms with Crippen LogP contribution in [-0.2, 0) is 20.1 Å². The number of halogens is 4. The van der Waals surface area contributed by atoms with E-state index in [2.05, 4.69) is 15.2 Å². The fourth-order valence-electron chi connectivity index (χ4n) is 4.22. The van der Waals surface area contributed by atoms with Gasteiger partial charge in [0.25, 0.3) is 0 Å². The third-order valence-corrected chi connectivity index (χ3v) is 6.84. The van der Waals surface area contributed by atoms with Crippen LogP contribution in [-0.4, -0.2) is 33.6 Å². The molecule has 1 saturated carbocycles. The fraction of sp³-hybridized carbons (Fsp3) is 0.526. The normalized spacial score (nSPS) is 20.7. The van der Waals surface area contributed by atoms with Crippen molar-refractivity contribution >= 4 is 35.6 Å². The van der Waals surface area contributed by atoms with Gasteiger partial charge in [-0.15, -0.1) is 12.4 Å². The molecule has 1 atom stereocenters. The summed E-state index contributed by atoms with van der Waals surface area (Å²) in [6.07, 6.45) is 7.38. The predicted molar refractivity (Wildman–Crippen MR) is 109 cm³/mol. The first kappa shape index (κ1) is 20.9. The number of benzene rings is 1. The van der Waals surface area contributed by atoms with Gasteiger partial charge in [-0.3, -0.25) is 4.90 Å². The summed E-state index contributed by atoms with van der Waals surface area (Å²) < 4.78 is 15.7. The van der Waals surface area contributed by atoms with E-state index in [1.165, 1.54) is 25.3 Å². The summed E-state index contributed by atoms with van der Waals surface area (Å²) in [7, 11) is 2.01. The molecule has 2 aliphatic rings. The number of nitrogens with zero attached hydrogens (tertiary/aromatic N) is 3. The molecular weight excluding hydrogens is 410 g/mol. The lowest BCUT2D eigenvalue weighted by Crippen LogP contribution is -2.36. The number of aryl methyl sites for hydroxylation is 1. The molecule has 4 rings (SSSR count). The monoisotopic (exact) mass is 432 g/mol. The lowest BCUT2D eigenvalue weighted by atomic mass is 9.93. The Morgan fingerprint density at radius 2 is 2.00 bits per heavy atom. The van der Waals surface area contributed by atoms with Crippen LogP contribution in [0.3, 0.4) is 0 Å². The van der Waals surface area contributed by atoms with Crippen LogP contribution < -0.4 is 5.32 Å². The van der Waals surface area contributed by atoms with Gasteiger partial charge >= 0.3 is 0 Å². The highest BCUT2D eigenvalue weighted by atomic mass is 35.5. The van der Waals surface area contributed by atoms with Gasteiger partial charge < -0.3 is 9.88 Å². The molecule has 1 aliphatic heterocycles. The number of hydrogen-bond acceptors (Lipinski definition) is 3. The molecule has 148 valence electrons. The maximum absolute atomic E-state index is 13.7. The minimum absolute atomic E-state index is 0. The second-order valence-corrected chi connectivity index (χ2v) is 8.28. The van der Waals surface area contributed by atoms with Crippen molar-refractivity contribution in [3.63, 3.8) is 0 Å². The SMILES string of the molecule is Cl.Cn1ccnc1CN(Cc1ccc(F)c(Cl)c1Cl)C1CC12CCNCC2. The van der Waals surface area contributed by atoms with E-state index in [1.54, 1.807) is 6.07 Å². The van der Waals surface area contributed by atoms with Crippen LogP contribution in [0.2, 0.25) is 10.0 Å². The number of aromatic nitrogens is 2. The molecule has 1 saturated heterocycles. The van der Waals surface area contributed by atoms with Crippen LogP contribution in [0.1, 0.15) is 30.7 Å². The van der Waals surface area contributed by atoms with E-state index in [0.29, 0.717) is 23.0 Å². The Kier molecular flexibility index (Phi) is 6.38. The minimum Gasteiger partial charge on any atom is -0.337 e. The van der Waals surface area contributed by atoms with Crippen molar-refractivity contribution in [1.29, 1.82) is 0 Å². The van der Waals surface area contributed by atoms with Crippen LogP contribution in [0.15, 0.2) is 24.5 Å². The van der Waals surface area contributed by atoms with Crippen molar-refractivity contribution < 1.29 is 4.39 Å². The second-order valence-electron chi connectivity index (χ2n) is 7.53. The van der Waals surface area contributed by atoms with Crippen LogP contribution in [0.5, 0.6) is 0 Å². The zero-order valence-corrected chi connectivity index (χ0v) is 17.5. The Hall–Kier alpha value is -0.850. The van der Waals surface area contributed by atoms with Gasteiger partial charge in [-0.05, 0) is 49.4 Å². The van der Waals surface area contributed by atoms with Crippen LogP contribution in [0, 0.1) is 11.2 Å². The highest BCUT2D eigenvalue weighted by molar-refractivity contribution is 6.42. The van der Waals surface area contributed by atoms with Gasteiger partial charge in [0.15, 0.2) is 0 Å². The van der Waals surface area contributed by atoms with E-state index >= 15 is 0 Å². The van der Waals surface area contributed by atoms with E-state index in [9.17, 15) is 4.39 Å². The Labute approximate surface area is 175 Å². The van der Waals surface area contributed by atoms with Crippen molar-refractivity contribution in [2.24, 2.45) is 12.5 Å². The zero-order valence-electron chi connectivity index (χ0n) is 15.2. The number of rotatable bonds is 5. The average Bonchev–Trinajstić information content (AvgIpc) is 3.16. The molecular formula is C19H24Cl3FN4. The summed E-state index contributed by atoms with van der Waals surface area (Å²) in [5.41, 5.74) is 1.26. The molecule has 2 fully saturated rings. The third kappa shape index (κ3) is 4.13. The molecule has 1 spiro atoms. The number of imidazole rings is 1. The van der Waals surface area contributed by atoms with Gasteiger partial charge in [-0.2, -0.15) is 0 Å². The Bertz CT molecular complexity index is 804. The molecule has 4 nitrogen and oxygen atoms in total. The summed E-state index contributed by atoms with van der Waals surface area (Å²) in [5, 5.41) is 3.78. The van der Waals surface area contributed by atoms with Crippen LogP contribution >= 0.6 is 35.6 Å². The second kappa shape index (κ2) is 8.26. The molecule has 0 amide bonds. The quantitative estimate of drug-likeness (QED) is 0.708. The molecule has 8 heteroatoms. The predicted octanol–water partition coefficient (Wildman–Crippen LogP) is 4.43. The van der Waals surface area contributed by atoms with Crippen molar-refractivity contribution in [3.05, 3.63) is 51.8 Å². The smallest absolute Gasteiger partial charge is 0.143 e. The number of piperidine rings is 1. The first-order valence-electron chi connectivity index (χ1n) is 9.03. The summed E-state index contributed by atoms with van der Waals surface area (Å²) in [6, 6.07) is 3.64. The molecule has 2 aromatic rings. The number of nitrogens with one attached hydrogen (secondary N) is 1. The highest BCUT2D eigenvalue weighted by Gasteiger charge is 2.56. The highest BCUT2D eigenvalue weighted by Crippen LogP contribution is 2.56. The van der Waals surface area contributed by atoms with Crippen molar-refractivity contribution in [2.75, 3.05) is 13.1 Å². The topological polar surface area (TPSA) is 33.1 Å². The Balaban J connectivity index is 0.00000210. The lowest BCUT2D eigenvalue weighted by Gasteiger charge is -2.29. The number of hydrogen-bond donors (Lipinski definition) is 1. The lowest BCUT2D eigenvalue weighted by molar-refractivity contribution is 0.182. The summed E-state index contributed by atoms with van der Waals surface area (Å²) in [4.78, 5) is 6.92. The molecule has 1 unspecified atom stereocenters. The first-order chi connectivity index (χ1) is 12.5. The van der Waals surface area contributed by atoms with Crippen LogP contribution in [0.4, 0.5) is 4.39 Å². The first-order valence-corrected chi connectivity index (χ1v) is 9.79. The molecule has 1 aliphatic carbocycles. The van der Waals surface area contributed by atoms with Crippen LogP contribution in [0.25, 0.3) is 0 Å². The Morgan fingerprint density at radius 1 is 1.26 bits per heavy atom. The van der Waals surface area contributed by atoms with Gasteiger partial charge in [0.2, 0.25) is 0 Å². The summed E-state index contributed by atoms with van der Waals surface area (Å²) >= 11 is 12.4. The van der Waals surface area contributed by atoms with Gasteiger partial charge in [-0.25, -0.2) is 9.37 Å². The maximum Gasteiger partial charge on any atom is 0.143 e. The van der Waals surface area contributed by atoms with E-state index in [-0.39, 0.29) is 17.4 Å². The molecule has 1 aromatic carbocycles. The van der Waals surface area contributed by atoms with Gasteiger partial charge in [-0.1, -0.05) is 29.3 Å². The van der Waals surface area contributed by atoms with Crippen molar-refractivity contribution in [2.45, 2.75) is 38.4 Å². The average molecular weight is 434 g/mol. The Morgan fingerprint density at radius 3 is 2.67 bits per heavy atom. The minimum atomic E-state index is -0.475. The molecule has 1 N–H and O–H groups in total. The van der Waals surface area contributed by atoms with Gasteiger partial charge in [0, 0.05) is 32.0 Å².